The fourth-order valence-corrected chi connectivity index (χ4v) is 0.867. The number of hydrogen-bond donors (Lipinski definition) is 2. The summed E-state index contributed by atoms with van der Waals surface area (Å²) >= 11 is 0. The molecule has 1 atom stereocenters. The van der Waals surface area contributed by atoms with Crippen LogP contribution in [-0.4, -0.2) is 23.7 Å². The first-order chi connectivity index (χ1) is 6.10. The lowest BCUT2D eigenvalue weighted by Gasteiger charge is -2.09. The van der Waals surface area contributed by atoms with Crippen molar-refractivity contribution in [3.05, 3.63) is 11.6 Å². The maximum absolute atomic E-state index is 10.2. The Morgan fingerprint density at radius 2 is 2.38 bits per heavy atom. The molecule has 1 unspecified atom stereocenters. The number of nitrogens with one attached hydrogen (secondary N) is 1. The predicted octanol–water partition coefficient (Wildman–Crippen LogP) is 1.02. The number of aliphatic carboxylic acids is 1. The molecule has 0 aromatic heterocycles. The SMILES string of the molecule is C#CC(CC)NCC(C)=CC(=O)O. The van der Waals surface area contributed by atoms with Crippen LogP contribution in [0.4, 0.5) is 0 Å². The highest BCUT2D eigenvalue weighted by atomic mass is 16.4. The zero-order valence-corrected chi connectivity index (χ0v) is 8.00. The van der Waals surface area contributed by atoms with Gasteiger partial charge < -0.3 is 5.11 Å². The van der Waals surface area contributed by atoms with Gasteiger partial charge in [0.05, 0.1) is 6.04 Å². The van der Waals surface area contributed by atoms with Crippen LogP contribution in [-0.2, 0) is 4.79 Å². The largest absolute Gasteiger partial charge is 0.478 e. The molecular weight excluding hydrogens is 166 g/mol. The smallest absolute Gasteiger partial charge is 0.328 e. The lowest BCUT2D eigenvalue weighted by atomic mass is 10.2. The molecule has 0 spiro atoms. The van der Waals surface area contributed by atoms with Crippen molar-refractivity contribution in [2.45, 2.75) is 26.3 Å². The van der Waals surface area contributed by atoms with Crippen molar-refractivity contribution in [3.63, 3.8) is 0 Å². The molecule has 0 heterocycles. The summed E-state index contributed by atoms with van der Waals surface area (Å²) in [5.41, 5.74) is 0.765. The van der Waals surface area contributed by atoms with Gasteiger partial charge in [0.1, 0.15) is 0 Å². The van der Waals surface area contributed by atoms with Gasteiger partial charge in [-0.2, -0.15) is 0 Å². The van der Waals surface area contributed by atoms with E-state index in [1.807, 2.05) is 6.92 Å². The third kappa shape index (κ3) is 5.94. The maximum Gasteiger partial charge on any atom is 0.328 e. The van der Waals surface area contributed by atoms with Crippen LogP contribution in [0, 0.1) is 12.3 Å². The molecule has 0 aromatic rings. The second-order valence-electron chi connectivity index (χ2n) is 2.84. The third-order valence-corrected chi connectivity index (χ3v) is 1.61. The van der Waals surface area contributed by atoms with E-state index in [2.05, 4.69) is 11.2 Å². The summed E-state index contributed by atoms with van der Waals surface area (Å²) < 4.78 is 0. The van der Waals surface area contributed by atoms with Crippen LogP contribution < -0.4 is 5.32 Å². The Balaban J connectivity index is 3.89. The Labute approximate surface area is 78.8 Å². The molecule has 0 rings (SSSR count). The summed E-state index contributed by atoms with van der Waals surface area (Å²) in [4.78, 5) is 10.2. The molecule has 0 aromatic carbocycles. The van der Waals surface area contributed by atoms with Crippen LogP contribution in [0.2, 0.25) is 0 Å². The fourth-order valence-electron chi connectivity index (χ4n) is 0.867. The van der Waals surface area contributed by atoms with E-state index in [4.69, 9.17) is 11.5 Å². The summed E-state index contributed by atoms with van der Waals surface area (Å²) in [6, 6.07) is 0.0251. The molecule has 0 saturated carbocycles. The van der Waals surface area contributed by atoms with Gasteiger partial charge >= 0.3 is 5.97 Å². The number of rotatable bonds is 5. The van der Waals surface area contributed by atoms with E-state index in [0.717, 1.165) is 12.0 Å². The van der Waals surface area contributed by atoms with Crippen LogP contribution in [0.5, 0.6) is 0 Å². The maximum atomic E-state index is 10.2. The molecule has 3 nitrogen and oxygen atoms in total. The first kappa shape index (κ1) is 11.7. The first-order valence-corrected chi connectivity index (χ1v) is 4.19. The van der Waals surface area contributed by atoms with Crippen molar-refractivity contribution < 1.29 is 9.90 Å². The van der Waals surface area contributed by atoms with E-state index in [1.54, 1.807) is 6.92 Å². The predicted molar refractivity (Wildman–Crippen MR) is 52.3 cm³/mol. The molecule has 0 aliphatic heterocycles. The highest BCUT2D eigenvalue weighted by Gasteiger charge is 2.00. The van der Waals surface area contributed by atoms with Gasteiger partial charge in [0.15, 0.2) is 0 Å². The number of carbonyl (C=O) groups is 1. The van der Waals surface area contributed by atoms with Gasteiger partial charge in [-0.1, -0.05) is 18.4 Å². The first-order valence-electron chi connectivity index (χ1n) is 4.19. The second-order valence-corrected chi connectivity index (χ2v) is 2.84. The van der Waals surface area contributed by atoms with Crippen molar-refractivity contribution in [1.29, 1.82) is 0 Å². The highest BCUT2D eigenvalue weighted by molar-refractivity contribution is 5.80. The van der Waals surface area contributed by atoms with E-state index >= 15 is 0 Å². The zero-order chi connectivity index (χ0) is 10.3. The Morgan fingerprint density at radius 1 is 1.77 bits per heavy atom. The molecule has 2 N–H and O–H groups in total. The van der Waals surface area contributed by atoms with Gasteiger partial charge in [0.2, 0.25) is 0 Å². The minimum atomic E-state index is -0.923. The molecule has 0 radical (unpaired) electrons. The van der Waals surface area contributed by atoms with Crippen LogP contribution in [0.15, 0.2) is 11.6 Å². The summed E-state index contributed by atoms with van der Waals surface area (Å²) in [5, 5.41) is 11.5. The average Bonchev–Trinajstić information content (AvgIpc) is 2.05. The fraction of sp³-hybridized carbons (Fsp3) is 0.500. The quantitative estimate of drug-likeness (QED) is 0.491. The zero-order valence-electron chi connectivity index (χ0n) is 8.00. The van der Waals surface area contributed by atoms with Crippen molar-refractivity contribution in [3.8, 4) is 12.3 Å². The number of terminal acetylenes is 1. The van der Waals surface area contributed by atoms with Gasteiger partial charge in [-0.15, -0.1) is 6.42 Å². The van der Waals surface area contributed by atoms with E-state index in [0.29, 0.717) is 6.54 Å². The molecular formula is C10H15NO2. The lowest BCUT2D eigenvalue weighted by Crippen LogP contribution is -2.28. The van der Waals surface area contributed by atoms with Gasteiger partial charge in [-0.05, 0) is 13.3 Å². The van der Waals surface area contributed by atoms with Gasteiger partial charge in [0, 0.05) is 12.6 Å². The summed E-state index contributed by atoms with van der Waals surface area (Å²) in [6.07, 6.45) is 7.24. The normalized spacial score (nSPS) is 13.5. The molecule has 0 aliphatic carbocycles. The highest BCUT2D eigenvalue weighted by Crippen LogP contribution is 1.93. The Hall–Kier alpha value is -1.27. The minimum absolute atomic E-state index is 0.0251. The van der Waals surface area contributed by atoms with E-state index in [9.17, 15) is 4.79 Å². The molecule has 13 heavy (non-hydrogen) atoms. The topological polar surface area (TPSA) is 49.3 Å². The second kappa shape index (κ2) is 6.27. The summed E-state index contributed by atoms with van der Waals surface area (Å²) in [6.45, 7) is 4.26. The summed E-state index contributed by atoms with van der Waals surface area (Å²) in [7, 11) is 0. The summed E-state index contributed by atoms with van der Waals surface area (Å²) in [5.74, 6) is 1.65. The van der Waals surface area contributed by atoms with Crippen molar-refractivity contribution in [2.75, 3.05) is 6.54 Å². The molecule has 72 valence electrons. The van der Waals surface area contributed by atoms with Crippen molar-refractivity contribution in [1.82, 2.24) is 5.32 Å². The Kier molecular flexibility index (Phi) is 5.66. The van der Waals surface area contributed by atoms with Gasteiger partial charge in [-0.3, -0.25) is 5.32 Å². The van der Waals surface area contributed by atoms with Crippen molar-refractivity contribution >= 4 is 5.97 Å². The molecule has 0 bridgehead atoms. The van der Waals surface area contributed by atoms with Crippen LogP contribution >= 0.6 is 0 Å². The number of hydrogen-bond acceptors (Lipinski definition) is 2. The number of carboxylic acid groups (broad SMARTS) is 1. The third-order valence-electron chi connectivity index (χ3n) is 1.61. The van der Waals surface area contributed by atoms with E-state index in [1.165, 1.54) is 6.08 Å². The Bertz CT molecular complexity index is 238. The van der Waals surface area contributed by atoms with E-state index in [-0.39, 0.29) is 6.04 Å². The van der Waals surface area contributed by atoms with Crippen molar-refractivity contribution in [2.24, 2.45) is 0 Å². The molecule has 0 aliphatic rings. The Morgan fingerprint density at radius 3 is 2.77 bits per heavy atom. The standard InChI is InChI=1S/C10H15NO2/c1-4-9(5-2)11-7-8(3)6-10(12)13/h1,6,9,11H,5,7H2,2-3H3,(H,12,13). The van der Waals surface area contributed by atoms with Crippen LogP contribution in [0.3, 0.4) is 0 Å². The van der Waals surface area contributed by atoms with Gasteiger partial charge in [0.25, 0.3) is 0 Å². The number of carboxylic acids is 1. The average molecular weight is 181 g/mol. The minimum Gasteiger partial charge on any atom is -0.478 e. The lowest BCUT2D eigenvalue weighted by molar-refractivity contribution is -0.131. The molecule has 0 saturated heterocycles. The monoisotopic (exact) mass is 181 g/mol. The molecule has 0 amide bonds. The molecule has 3 heteroatoms. The van der Waals surface area contributed by atoms with E-state index < -0.39 is 5.97 Å². The van der Waals surface area contributed by atoms with Crippen LogP contribution in [0.25, 0.3) is 0 Å². The van der Waals surface area contributed by atoms with Crippen LogP contribution in [0.1, 0.15) is 20.3 Å². The molecule has 0 fully saturated rings. The van der Waals surface area contributed by atoms with Gasteiger partial charge in [-0.25, -0.2) is 4.79 Å².